The van der Waals surface area contributed by atoms with Gasteiger partial charge in [0.2, 0.25) is 0 Å². The van der Waals surface area contributed by atoms with Gasteiger partial charge in [0.15, 0.2) is 0 Å². The molecule has 1 aliphatic carbocycles. The molecule has 0 saturated heterocycles. The van der Waals surface area contributed by atoms with Crippen molar-refractivity contribution in [3.05, 3.63) is 34.0 Å². The van der Waals surface area contributed by atoms with E-state index in [4.69, 9.17) is 0 Å². The Morgan fingerprint density at radius 3 is 2.35 bits per heavy atom. The third-order valence-electron chi connectivity index (χ3n) is 4.45. The Morgan fingerprint density at radius 1 is 1.25 bits per heavy atom. The van der Waals surface area contributed by atoms with Crippen LogP contribution in [0.1, 0.15) is 51.0 Å². The van der Waals surface area contributed by atoms with Gasteiger partial charge in [-0.2, -0.15) is 0 Å². The minimum absolute atomic E-state index is 0.0643. The van der Waals surface area contributed by atoms with E-state index in [0.29, 0.717) is 12.0 Å². The van der Waals surface area contributed by atoms with Gasteiger partial charge in [-0.1, -0.05) is 13.8 Å². The van der Waals surface area contributed by atoms with E-state index in [-0.39, 0.29) is 5.82 Å². The number of nitro groups is 1. The van der Waals surface area contributed by atoms with Gasteiger partial charge >= 0.3 is 5.82 Å². The van der Waals surface area contributed by atoms with Gasteiger partial charge in [-0.25, -0.2) is 0 Å². The number of nitrogens with zero attached hydrogens (tertiary/aromatic N) is 3. The number of hydrogen-bond acceptors (Lipinski definition) is 4. The van der Waals surface area contributed by atoms with Crippen LogP contribution < -0.4 is 0 Å². The highest BCUT2D eigenvalue weighted by molar-refractivity contribution is 5.25. The number of hydrogen-bond donors (Lipinski definition) is 0. The van der Waals surface area contributed by atoms with E-state index in [0.717, 1.165) is 31.5 Å². The summed E-state index contributed by atoms with van der Waals surface area (Å²) in [5, 5.41) is 10.6. The highest BCUT2D eigenvalue weighted by Crippen LogP contribution is 2.34. The summed E-state index contributed by atoms with van der Waals surface area (Å²) in [4.78, 5) is 16.6. The maximum absolute atomic E-state index is 10.6. The molecule has 0 radical (unpaired) electrons. The minimum atomic E-state index is -0.443. The monoisotopic (exact) mass is 277 g/mol. The summed E-state index contributed by atoms with van der Waals surface area (Å²) in [6, 6.07) is 4.09. The third-order valence-corrected chi connectivity index (χ3v) is 4.45. The summed E-state index contributed by atoms with van der Waals surface area (Å²) in [7, 11) is 0. The summed E-state index contributed by atoms with van der Waals surface area (Å²) < 4.78 is 0. The van der Waals surface area contributed by atoms with Gasteiger partial charge in [0, 0.05) is 12.1 Å². The first-order chi connectivity index (χ1) is 9.65. The third kappa shape index (κ3) is 3.33. The van der Waals surface area contributed by atoms with E-state index in [1.165, 1.54) is 18.9 Å². The first-order valence-electron chi connectivity index (χ1n) is 7.50. The zero-order chi connectivity index (χ0) is 14.5. The van der Waals surface area contributed by atoms with E-state index >= 15 is 0 Å². The fourth-order valence-corrected chi connectivity index (χ4v) is 3.26. The quantitative estimate of drug-likeness (QED) is 0.611. The Hall–Kier alpha value is -1.49. The van der Waals surface area contributed by atoms with Crippen LogP contribution in [0.25, 0.3) is 0 Å². The van der Waals surface area contributed by atoms with Crippen molar-refractivity contribution in [2.24, 2.45) is 0 Å². The smallest absolute Gasteiger partial charge is 0.358 e. The molecule has 1 heterocycles. The summed E-state index contributed by atoms with van der Waals surface area (Å²) in [6.45, 7) is 6.67. The van der Waals surface area contributed by atoms with Gasteiger partial charge in [-0.15, -0.1) is 0 Å². The summed E-state index contributed by atoms with van der Waals surface area (Å²) in [6.07, 6.45) is 6.41. The van der Waals surface area contributed by atoms with Gasteiger partial charge < -0.3 is 15.0 Å². The summed E-state index contributed by atoms with van der Waals surface area (Å²) in [5.74, 6) is 0.445. The van der Waals surface area contributed by atoms with Crippen molar-refractivity contribution in [3.63, 3.8) is 0 Å². The van der Waals surface area contributed by atoms with E-state index in [9.17, 15) is 10.1 Å². The minimum Gasteiger partial charge on any atom is -0.358 e. The molecule has 0 amide bonds. The second-order valence-corrected chi connectivity index (χ2v) is 5.43. The zero-order valence-corrected chi connectivity index (χ0v) is 12.3. The van der Waals surface area contributed by atoms with Crippen LogP contribution in [0.2, 0.25) is 0 Å². The van der Waals surface area contributed by atoms with Crippen molar-refractivity contribution in [3.8, 4) is 0 Å². The van der Waals surface area contributed by atoms with E-state index in [2.05, 4.69) is 23.7 Å². The van der Waals surface area contributed by atoms with Crippen molar-refractivity contribution in [1.82, 2.24) is 9.88 Å². The van der Waals surface area contributed by atoms with Crippen LogP contribution in [-0.2, 0) is 0 Å². The normalized spacial score (nSPS) is 22.9. The molecule has 0 N–H and O–H groups in total. The largest absolute Gasteiger partial charge is 0.363 e. The molecule has 0 bridgehead atoms. The number of pyridine rings is 1. The Morgan fingerprint density at radius 2 is 1.90 bits per heavy atom. The van der Waals surface area contributed by atoms with Crippen LogP contribution in [-0.4, -0.2) is 33.9 Å². The molecule has 20 heavy (non-hydrogen) atoms. The lowest BCUT2D eigenvalue weighted by Gasteiger charge is -2.35. The Kier molecular flexibility index (Phi) is 5.06. The van der Waals surface area contributed by atoms with Crippen LogP contribution in [0.15, 0.2) is 18.3 Å². The van der Waals surface area contributed by atoms with Gasteiger partial charge in [0.05, 0.1) is 0 Å². The lowest BCUT2D eigenvalue weighted by Crippen LogP contribution is -2.37. The predicted octanol–water partition coefficient (Wildman–Crippen LogP) is 3.36. The topological polar surface area (TPSA) is 59.3 Å². The van der Waals surface area contributed by atoms with Crippen LogP contribution in [0.3, 0.4) is 0 Å². The highest BCUT2D eigenvalue weighted by Gasteiger charge is 2.26. The van der Waals surface area contributed by atoms with Gasteiger partial charge in [0.1, 0.15) is 6.20 Å². The van der Waals surface area contributed by atoms with E-state index < -0.39 is 4.92 Å². The highest BCUT2D eigenvalue weighted by atomic mass is 16.6. The molecule has 0 atom stereocenters. The molecule has 5 heteroatoms. The molecule has 110 valence electrons. The second-order valence-electron chi connectivity index (χ2n) is 5.43. The Balaban J connectivity index is 1.95. The standard InChI is InChI=1S/C15H23N3O2/c1-3-17(4-2)14-8-5-12(6-9-14)13-7-10-15(16-11-13)18(19)20/h7,10-12,14H,3-6,8-9H2,1-2H3. The first-order valence-corrected chi connectivity index (χ1v) is 7.50. The molecule has 1 aliphatic rings. The molecule has 0 spiro atoms. The molecule has 5 nitrogen and oxygen atoms in total. The number of rotatable bonds is 5. The summed E-state index contributed by atoms with van der Waals surface area (Å²) in [5.41, 5.74) is 1.15. The van der Waals surface area contributed by atoms with Crippen molar-refractivity contribution >= 4 is 5.82 Å². The van der Waals surface area contributed by atoms with Crippen LogP contribution >= 0.6 is 0 Å². The SMILES string of the molecule is CCN(CC)C1CCC(c2ccc([N+](=O)[O-])nc2)CC1. The summed E-state index contributed by atoms with van der Waals surface area (Å²) >= 11 is 0. The van der Waals surface area contributed by atoms with Gasteiger partial charge in [0.25, 0.3) is 0 Å². The van der Waals surface area contributed by atoms with Crippen molar-refractivity contribution in [1.29, 1.82) is 0 Å². The molecule has 1 fully saturated rings. The van der Waals surface area contributed by atoms with Crippen molar-refractivity contribution in [2.75, 3.05) is 13.1 Å². The average Bonchev–Trinajstić information content (AvgIpc) is 2.49. The molecular formula is C15H23N3O2. The molecule has 1 saturated carbocycles. The van der Waals surface area contributed by atoms with E-state index in [1.807, 2.05) is 6.07 Å². The first kappa shape index (κ1) is 14.9. The molecule has 2 rings (SSSR count). The molecule has 0 unspecified atom stereocenters. The van der Waals surface area contributed by atoms with Crippen LogP contribution in [0, 0.1) is 10.1 Å². The van der Waals surface area contributed by atoms with Crippen LogP contribution in [0.5, 0.6) is 0 Å². The lowest BCUT2D eigenvalue weighted by molar-refractivity contribution is -0.389. The Bertz CT molecular complexity index is 435. The lowest BCUT2D eigenvalue weighted by atomic mass is 9.82. The fraction of sp³-hybridized carbons (Fsp3) is 0.667. The average molecular weight is 277 g/mol. The Labute approximate surface area is 120 Å². The fourth-order valence-electron chi connectivity index (χ4n) is 3.26. The molecule has 1 aromatic rings. The molecule has 0 aliphatic heterocycles. The number of aromatic nitrogens is 1. The van der Waals surface area contributed by atoms with Crippen molar-refractivity contribution in [2.45, 2.75) is 51.5 Å². The maximum Gasteiger partial charge on any atom is 0.363 e. The molecular weight excluding hydrogens is 254 g/mol. The zero-order valence-electron chi connectivity index (χ0n) is 12.3. The molecule has 0 aromatic carbocycles. The maximum atomic E-state index is 10.6. The van der Waals surface area contributed by atoms with E-state index in [1.54, 1.807) is 6.20 Å². The van der Waals surface area contributed by atoms with Crippen LogP contribution in [0.4, 0.5) is 5.82 Å². The predicted molar refractivity (Wildman–Crippen MR) is 78.8 cm³/mol. The molecule has 1 aromatic heterocycles. The van der Waals surface area contributed by atoms with Gasteiger partial charge in [-0.05, 0) is 66.2 Å². The van der Waals surface area contributed by atoms with Gasteiger partial charge in [-0.3, -0.25) is 0 Å². The second kappa shape index (κ2) is 6.79. The van der Waals surface area contributed by atoms with Crippen molar-refractivity contribution < 1.29 is 4.92 Å².